The number of hydrogen-bond donors (Lipinski definition) is 6. The molecular formula is C25H34N4O7S2. The van der Waals surface area contributed by atoms with Gasteiger partial charge in [0.05, 0.1) is 7.11 Å². The zero-order valence-corrected chi connectivity index (χ0v) is 23.2. The van der Waals surface area contributed by atoms with Crippen molar-refractivity contribution < 1.29 is 34.1 Å². The molecule has 13 heteroatoms. The number of thiophene rings is 2. The van der Waals surface area contributed by atoms with Crippen molar-refractivity contribution in [2.45, 2.75) is 19.1 Å². The lowest BCUT2D eigenvalue weighted by molar-refractivity contribution is -0.152. The van der Waals surface area contributed by atoms with Crippen molar-refractivity contribution in [3.8, 4) is 0 Å². The number of carbonyl (C=O) groups is 2. The summed E-state index contributed by atoms with van der Waals surface area (Å²) >= 11 is 3.08. The van der Waals surface area contributed by atoms with Gasteiger partial charge in [0.1, 0.15) is 0 Å². The Morgan fingerprint density at radius 1 is 0.868 bits per heavy atom. The summed E-state index contributed by atoms with van der Waals surface area (Å²) in [6.45, 7) is 1.93. The van der Waals surface area contributed by atoms with E-state index in [-0.39, 0.29) is 18.5 Å². The van der Waals surface area contributed by atoms with Crippen molar-refractivity contribution in [2.24, 2.45) is 11.7 Å². The summed E-state index contributed by atoms with van der Waals surface area (Å²) < 4.78 is 17.3. The van der Waals surface area contributed by atoms with Gasteiger partial charge in [-0.3, -0.25) is 10.2 Å². The monoisotopic (exact) mass is 566 g/mol. The van der Waals surface area contributed by atoms with Crippen LogP contribution in [0.3, 0.4) is 0 Å². The van der Waals surface area contributed by atoms with Crippen LogP contribution in [0.1, 0.15) is 28.9 Å². The van der Waals surface area contributed by atoms with E-state index in [4.69, 9.17) is 30.4 Å². The first-order chi connectivity index (χ1) is 18.3. The molecule has 2 heterocycles. The zero-order valence-electron chi connectivity index (χ0n) is 21.5. The highest BCUT2D eigenvalue weighted by Gasteiger charge is 2.23. The largest absolute Gasteiger partial charge is 0.467 e. The van der Waals surface area contributed by atoms with Gasteiger partial charge in [-0.25, -0.2) is 16.5 Å². The van der Waals surface area contributed by atoms with E-state index in [1.165, 1.54) is 38.3 Å². The van der Waals surface area contributed by atoms with E-state index in [1.807, 2.05) is 60.7 Å². The van der Waals surface area contributed by atoms with Crippen molar-refractivity contribution in [3.05, 3.63) is 70.4 Å². The highest BCUT2D eigenvalue weighted by molar-refractivity contribution is 7.19. The first kappa shape index (κ1) is 33.0. The maximum absolute atomic E-state index is 11.5. The molecule has 0 bridgehead atoms. The van der Waals surface area contributed by atoms with Crippen molar-refractivity contribution in [1.82, 2.24) is 11.0 Å². The number of rotatable bonds is 6. The molecule has 11 nitrogen and oxygen atoms in total. The van der Waals surface area contributed by atoms with Gasteiger partial charge in [-0.05, 0) is 42.0 Å². The molecule has 1 amide bonds. The van der Waals surface area contributed by atoms with E-state index in [9.17, 15) is 9.59 Å². The minimum Gasteiger partial charge on any atom is -0.467 e. The number of methoxy groups -OCH3 is 3. The molecular weight excluding hydrogens is 532 g/mol. The lowest BCUT2D eigenvalue weighted by atomic mass is 10.2. The van der Waals surface area contributed by atoms with Crippen LogP contribution >= 0.6 is 22.7 Å². The van der Waals surface area contributed by atoms with E-state index in [2.05, 4.69) is 11.3 Å². The number of hydrazine groups is 2. The van der Waals surface area contributed by atoms with Gasteiger partial charge in [-0.1, -0.05) is 36.4 Å². The summed E-state index contributed by atoms with van der Waals surface area (Å²) in [5, 5.41) is 16.9. The van der Waals surface area contributed by atoms with Crippen LogP contribution in [0.15, 0.2) is 60.7 Å². The summed E-state index contributed by atoms with van der Waals surface area (Å²) in [4.78, 5) is 24.7. The van der Waals surface area contributed by atoms with Crippen molar-refractivity contribution in [1.29, 1.82) is 0 Å². The Balaban J connectivity index is 0.000000315. The molecule has 0 spiro atoms. The Hall–Kier alpha value is -2.98. The molecule has 4 aromatic rings. The lowest BCUT2D eigenvalue weighted by Gasteiger charge is -2.10. The molecule has 8 N–H and O–H groups in total. The number of hydrogen-bond acceptors (Lipinski definition) is 12. The molecule has 2 aromatic carbocycles. The van der Waals surface area contributed by atoms with Crippen LogP contribution in [0.5, 0.6) is 0 Å². The van der Waals surface area contributed by atoms with E-state index >= 15 is 0 Å². The third-order valence-corrected chi connectivity index (χ3v) is 6.99. The second-order valence-electron chi connectivity index (χ2n) is 7.08. The summed E-state index contributed by atoms with van der Waals surface area (Å²) in [7, 11) is 4.36. The zero-order chi connectivity index (χ0) is 28.5. The lowest BCUT2D eigenvalue weighted by Crippen LogP contribution is -2.35. The minimum atomic E-state index is -0.637. The molecule has 2 unspecified atom stereocenters. The number of carbonyl (C=O) groups excluding carboxylic acids is 2. The van der Waals surface area contributed by atoms with Crippen LogP contribution in [0.4, 0.5) is 0 Å². The van der Waals surface area contributed by atoms with Crippen LogP contribution in [0, 0.1) is 0 Å². The van der Waals surface area contributed by atoms with Gasteiger partial charge in [-0.15, -0.1) is 28.3 Å². The highest BCUT2D eigenvalue weighted by atomic mass is 32.1. The fourth-order valence-corrected chi connectivity index (χ4v) is 5.40. The first-order valence-electron chi connectivity index (χ1n) is 11.2. The number of aliphatic hydroxyl groups is 1. The SMILES string of the molecule is CCO.COC(=O)C(OC)c1cc2ccccc2s1.COC(C(=O)NN)c1cc2ccccc2s1.NNO. The number of ether oxygens (including phenoxy) is 3. The van der Waals surface area contributed by atoms with Crippen molar-refractivity contribution in [3.63, 3.8) is 0 Å². The average molecular weight is 567 g/mol. The van der Waals surface area contributed by atoms with Crippen LogP contribution < -0.4 is 22.7 Å². The van der Waals surface area contributed by atoms with E-state index in [0.29, 0.717) is 0 Å². The number of nitrogens with two attached hydrogens (primary N) is 2. The van der Waals surface area contributed by atoms with Gasteiger partial charge in [0.15, 0.2) is 12.2 Å². The van der Waals surface area contributed by atoms with Crippen LogP contribution in [0.2, 0.25) is 0 Å². The van der Waals surface area contributed by atoms with Gasteiger partial charge in [-0.2, -0.15) is 0 Å². The Morgan fingerprint density at radius 3 is 1.61 bits per heavy atom. The molecule has 0 radical (unpaired) electrons. The van der Waals surface area contributed by atoms with Gasteiger partial charge in [0.25, 0.3) is 5.91 Å². The number of benzene rings is 2. The van der Waals surface area contributed by atoms with Gasteiger partial charge >= 0.3 is 5.97 Å². The highest BCUT2D eigenvalue weighted by Crippen LogP contribution is 2.32. The minimum absolute atomic E-state index is 0.250. The Labute approximate surface area is 228 Å². The fourth-order valence-electron chi connectivity index (χ4n) is 3.13. The Morgan fingerprint density at radius 2 is 1.26 bits per heavy atom. The van der Waals surface area contributed by atoms with Crippen molar-refractivity contribution in [2.75, 3.05) is 27.9 Å². The standard InChI is InChI=1S/C12H12O3S.C11H12N2O2S.C2H6O.H4N2O/c1-14-11(12(13)15-2)10-7-8-5-3-4-6-9(8)16-10;1-15-10(11(14)13-12)9-6-7-4-2-3-5-8(7)16-9;2*1-2-3/h3-7,11H,1-2H3;2-6,10H,12H2,1H3,(H,13,14);3H,2H2,1H3;2-3H,1H2. The topological polar surface area (TPSA) is 178 Å². The van der Waals surface area contributed by atoms with E-state index in [1.54, 1.807) is 18.3 Å². The number of esters is 1. The molecule has 2 atom stereocenters. The molecule has 0 fully saturated rings. The average Bonchev–Trinajstić information content (AvgIpc) is 3.54. The molecule has 208 valence electrons. The predicted molar refractivity (Wildman–Crippen MR) is 149 cm³/mol. The molecule has 4 rings (SSSR count). The number of aliphatic hydroxyl groups excluding tert-OH is 1. The number of amides is 1. The maximum Gasteiger partial charge on any atom is 0.340 e. The normalized spacial score (nSPS) is 11.6. The van der Waals surface area contributed by atoms with Crippen LogP contribution in [0.25, 0.3) is 20.2 Å². The van der Waals surface area contributed by atoms with E-state index < -0.39 is 12.2 Å². The molecule has 0 aliphatic carbocycles. The summed E-state index contributed by atoms with van der Waals surface area (Å²) in [6, 6.07) is 19.8. The summed E-state index contributed by atoms with van der Waals surface area (Å²) in [5.41, 5.74) is 3.35. The third kappa shape index (κ3) is 9.72. The quantitative estimate of drug-likeness (QED) is 0.0879. The maximum atomic E-state index is 11.5. The molecule has 0 aliphatic heterocycles. The Kier molecular flexibility index (Phi) is 15.9. The van der Waals surface area contributed by atoms with Gasteiger partial charge in [0.2, 0.25) is 0 Å². The smallest absolute Gasteiger partial charge is 0.340 e. The van der Waals surface area contributed by atoms with Gasteiger partial charge < -0.3 is 24.5 Å². The first-order valence-corrected chi connectivity index (χ1v) is 12.8. The molecule has 0 aliphatic rings. The second kappa shape index (κ2) is 18.3. The van der Waals surface area contributed by atoms with Gasteiger partial charge in [0, 0.05) is 40.0 Å². The van der Waals surface area contributed by atoms with Crippen molar-refractivity contribution >= 4 is 54.7 Å². The molecule has 2 aromatic heterocycles. The van der Waals surface area contributed by atoms with Crippen LogP contribution in [-0.2, 0) is 23.8 Å². The second-order valence-corrected chi connectivity index (χ2v) is 9.31. The molecule has 38 heavy (non-hydrogen) atoms. The van der Waals surface area contributed by atoms with E-state index in [0.717, 1.165) is 29.9 Å². The third-order valence-electron chi connectivity index (χ3n) is 4.67. The van der Waals surface area contributed by atoms with Crippen LogP contribution in [-0.4, -0.2) is 50.1 Å². The summed E-state index contributed by atoms with van der Waals surface area (Å²) in [6.07, 6.45) is -1.26. The fraction of sp³-hybridized carbons (Fsp3) is 0.280. The molecule has 0 saturated carbocycles. The molecule has 0 saturated heterocycles. The number of fused-ring (bicyclic) bond motifs is 2. The summed E-state index contributed by atoms with van der Waals surface area (Å²) in [5.74, 6) is 8.55. The Bertz CT molecular complexity index is 1090. The number of nitrogens with one attached hydrogen (secondary N) is 2. The predicted octanol–water partition coefficient (Wildman–Crippen LogP) is 3.18.